The van der Waals surface area contributed by atoms with Gasteiger partial charge < -0.3 is 4.74 Å². The fourth-order valence-corrected chi connectivity index (χ4v) is 3.44. The third-order valence-corrected chi connectivity index (χ3v) is 5.03. The molecule has 1 N–H and O–H groups in total. The van der Waals surface area contributed by atoms with Gasteiger partial charge in [-0.3, -0.25) is 20.2 Å². The SMILES string of the molecule is O=C(Nc1nc(COc2ccc3ccccc3c2)cs1)c1ccc([N+](=O)[O-])cc1. The number of carbonyl (C=O) groups excluding carboxylic acids is 1. The van der Waals surface area contributed by atoms with Crippen LogP contribution in [0.25, 0.3) is 10.8 Å². The van der Waals surface area contributed by atoms with E-state index in [-0.39, 0.29) is 18.2 Å². The number of nitrogens with one attached hydrogen (secondary N) is 1. The van der Waals surface area contributed by atoms with Crippen LogP contribution in [0.2, 0.25) is 0 Å². The van der Waals surface area contributed by atoms with Crippen LogP contribution in [-0.2, 0) is 6.61 Å². The number of carbonyl (C=O) groups is 1. The van der Waals surface area contributed by atoms with Crippen molar-refractivity contribution in [1.82, 2.24) is 4.98 Å². The molecule has 0 saturated heterocycles. The van der Waals surface area contributed by atoms with Crippen molar-refractivity contribution >= 4 is 38.8 Å². The maximum absolute atomic E-state index is 12.3. The number of nitro groups is 1. The Morgan fingerprint density at radius 2 is 1.83 bits per heavy atom. The summed E-state index contributed by atoms with van der Waals surface area (Å²) in [5, 5.41) is 17.9. The first-order valence-corrected chi connectivity index (χ1v) is 9.58. The largest absolute Gasteiger partial charge is 0.487 e. The zero-order valence-electron chi connectivity index (χ0n) is 15.1. The number of nitro benzene ring substituents is 1. The van der Waals surface area contributed by atoms with Gasteiger partial charge in [-0.05, 0) is 35.0 Å². The van der Waals surface area contributed by atoms with Gasteiger partial charge in [-0.25, -0.2) is 4.98 Å². The molecule has 4 aromatic rings. The van der Waals surface area contributed by atoms with Crippen molar-refractivity contribution < 1.29 is 14.5 Å². The molecule has 0 fully saturated rings. The van der Waals surface area contributed by atoms with Gasteiger partial charge in [-0.1, -0.05) is 30.3 Å². The van der Waals surface area contributed by atoms with E-state index >= 15 is 0 Å². The number of anilines is 1. The standard InChI is InChI=1S/C21H15N3O4S/c25-20(15-5-8-18(9-6-15)24(26)27)23-21-22-17(13-29-21)12-28-19-10-7-14-3-1-2-4-16(14)11-19/h1-11,13H,12H2,(H,22,23,25). The van der Waals surface area contributed by atoms with Crippen molar-refractivity contribution in [3.8, 4) is 5.75 Å². The van der Waals surface area contributed by atoms with Crippen LogP contribution < -0.4 is 10.1 Å². The van der Waals surface area contributed by atoms with Crippen molar-refractivity contribution in [3.05, 3.63) is 93.5 Å². The highest BCUT2D eigenvalue weighted by atomic mass is 32.1. The lowest BCUT2D eigenvalue weighted by Crippen LogP contribution is -2.11. The average molecular weight is 405 g/mol. The molecule has 0 unspecified atom stereocenters. The van der Waals surface area contributed by atoms with Gasteiger partial charge in [-0.15, -0.1) is 11.3 Å². The maximum atomic E-state index is 12.3. The molecular weight excluding hydrogens is 390 g/mol. The monoisotopic (exact) mass is 405 g/mol. The Hall–Kier alpha value is -3.78. The summed E-state index contributed by atoms with van der Waals surface area (Å²) in [6, 6.07) is 19.3. The van der Waals surface area contributed by atoms with Gasteiger partial charge in [0.25, 0.3) is 11.6 Å². The second-order valence-electron chi connectivity index (χ2n) is 6.20. The molecule has 0 spiro atoms. The third-order valence-electron chi connectivity index (χ3n) is 4.22. The van der Waals surface area contributed by atoms with Crippen LogP contribution in [0.15, 0.2) is 72.1 Å². The number of rotatable bonds is 6. The Balaban J connectivity index is 1.37. The smallest absolute Gasteiger partial charge is 0.269 e. The second-order valence-corrected chi connectivity index (χ2v) is 7.06. The first-order valence-electron chi connectivity index (χ1n) is 8.70. The minimum absolute atomic E-state index is 0.0658. The van der Waals surface area contributed by atoms with Gasteiger partial charge in [0, 0.05) is 23.1 Å². The Bertz CT molecular complexity index is 1190. The summed E-state index contributed by atoms with van der Waals surface area (Å²) in [7, 11) is 0. The number of aromatic nitrogens is 1. The van der Waals surface area contributed by atoms with Crippen molar-refractivity contribution in [2.24, 2.45) is 0 Å². The molecule has 0 atom stereocenters. The van der Waals surface area contributed by atoms with Crippen LogP contribution in [0.3, 0.4) is 0 Å². The number of amides is 1. The van der Waals surface area contributed by atoms with Crippen LogP contribution in [0.1, 0.15) is 16.1 Å². The number of benzene rings is 3. The number of hydrogen-bond acceptors (Lipinski definition) is 6. The summed E-state index contributed by atoms with van der Waals surface area (Å²) in [5.41, 5.74) is 0.950. The van der Waals surface area contributed by atoms with Crippen molar-refractivity contribution in [3.63, 3.8) is 0 Å². The normalized spacial score (nSPS) is 10.6. The Morgan fingerprint density at radius 1 is 1.07 bits per heavy atom. The summed E-state index contributed by atoms with van der Waals surface area (Å²) in [6.45, 7) is 0.280. The molecule has 0 aliphatic heterocycles. The molecule has 1 amide bonds. The summed E-state index contributed by atoms with van der Waals surface area (Å²) < 4.78 is 5.81. The van der Waals surface area contributed by atoms with E-state index in [1.54, 1.807) is 0 Å². The Kier molecular flexibility index (Phi) is 5.17. The first-order chi connectivity index (χ1) is 14.1. The molecule has 0 saturated carbocycles. The third kappa shape index (κ3) is 4.39. The van der Waals surface area contributed by atoms with Crippen LogP contribution >= 0.6 is 11.3 Å². The van der Waals surface area contributed by atoms with Crippen LogP contribution in [-0.4, -0.2) is 15.8 Å². The van der Waals surface area contributed by atoms with E-state index in [9.17, 15) is 14.9 Å². The van der Waals surface area contributed by atoms with Gasteiger partial charge in [0.1, 0.15) is 12.4 Å². The minimum atomic E-state index is -0.510. The quantitative estimate of drug-likeness (QED) is 0.358. The van der Waals surface area contributed by atoms with E-state index in [2.05, 4.69) is 10.3 Å². The molecule has 0 bridgehead atoms. The van der Waals surface area contributed by atoms with Crippen LogP contribution in [0.4, 0.5) is 10.8 Å². The molecule has 144 valence electrons. The lowest BCUT2D eigenvalue weighted by Gasteiger charge is -2.06. The zero-order chi connectivity index (χ0) is 20.2. The van der Waals surface area contributed by atoms with E-state index in [1.165, 1.54) is 35.6 Å². The molecule has 4 rings (SSSR count). The van der Waals surface area contributed by atoms with Gasteiger partial charge >= 0.3 is 0 Å². The molecule has 3 aromatic carbocycles. The minimum Gasteiger partial charge on any atom is -0.487 e. The summed E-state index contributed by atoms with van der Waals surface area (Å²) >= 11 is 1.29. The van der Waals surface area contributed by atoms with E-state index in [1.807, 2.05) is 47.8 Å². The fourth-order valence-electron chi connectivity index (χ4n) is 2.75. The van der Waals surface area contributed by atoms with Gasteiger partial charge in [0.05, 0.1) is 10.6 Å². The molecule has 1 heterocycles. The number of nitrogens with zero attached hydrogens (tertiary/aromatic N) is 2. The van der Waals surface area contributed by atoms with E-state index in [4.69, 9.17) is 4.74 Å². The number of thiazole rings is 1. The number of ether oxygens (including phenoxy) is 1. The lowest BCUT2D eigenvalue weighted by atomic mass is 10.1. The molecule has 1 aromatic heterocycles. The topological polar surface area (TPSA) is 94.4 Å². The highest BCUT2D eigenvalue weighted by Crippen LogP contribution is 2.23. The first kappa shape index (κ1) is 18.6. The van der Waals surface area contributed by atoms with Gasteiger partial charge in [0.15, 0.2) is 5.13 Å². The average Bonchev–Trinajstić information content (AvgIpc) is 3.19. The van der Waals surface area contributed by atoms with E-state index < -0.39 is 4.92 Å². The molecule has 8 heteroatoms. The molecular formula is C21H15N3O4S. The predicted octanol–water partition coefficient (Wildman–Crippen LogP) is 5.04. The van der Waals surface area contributed by atoms with Gasteiger partial charge in [-0.2, -0.15) is 0 Å². The van der Waals surface area contributed by atoms with Crippen LogP contribution in [0, 0.1) is 10.1 Å². The summed E-state index contributed by atoms with van der Waals surface area (Å²) in [6.07, 6.45) is 0. The van der Waals surface area contributed by atoms with Gasteiger partial charge in [0.2, 0.25) is 0 Å². The molecule has 29 heavy (non-hydrogen) atoms. The van der Waals surface area contributed by atoms with Crippen molar-refractivity contribution in [2.75, 3.05) is 5.32 Å². The maximum Gasteiger partial charge on any atom is 0.269 e. The highest BCUT2D eigenvalue weighted by Gasteiger charge is 2.12. The van der Waals surface area contributed by atoms with Crippen molar-refractivity contribution in [2.45, 2.75) is 6.61 Å². The van der Waals surface area contributed by atoms with E-state index in [0.717, 1.165) is 16.5 Å². The zero-order valence-corrected chi connectivity index (χ0v) is 15.9. The second kappa shape index (κ2) is 8.07. The molecule has 7 nitrogen and oxygen atoms in total. The summed E-state index contributed by atoms with van der Waals surface area (Å²) in [5.74, 6) is 0.365. The Morgan fingerprint density at radius 3 is 2.59 bits per heavy atom. The van der Waals surface area contributed by atoms with Crippen molar-refractivity contribution in [1.29, 1.82) is 0 Å². The molecule has 0 aliphatic carbocycles. The fraction of sp³-hybridized carbons (Fsp3) is 0.0476. The summed E-state index contributed by atoms with van der Waals surface area (Å²) in [4.78, 5) is 26.8. The van der Waals surface area contributed by atoms with Crippen LogP contribution in [0.5, 0.6) is 5.75 Å². The Labute approximate surface area is 169 Å². The molecule has 0 aliphatic rings. The van der Waals surface area contributed by atoms with E-state index in [0.29, 0.717) is 16.4 Å². The number of hydrogen-bond donors (Lipinski definition) is 1. The predicted molar refractivity (Wildman–Crippen MR) is 111 cm³/mol. The number of non-ortho nitro benzene ring substituents is 1. The molecule has 0 radical (unpaired) electrons. The lowest BCUT2D eigenvalue weighted by molar-refractivity contribution is -0.384. The number of fused-ring (bicyclic) bond motifs is 1. The highest BCUT2D eigenvalue weighted by molar-refractivity contribution is 7.13.